The number of alkyl halides is 3. The van der Waals surface area contributed by atoms with Gasteiger partial charge < -0.3 is 14.7 Å². The number of aromatic nitrogens is 2. The highest BCUT2D eigenvalue weighted by molar-refractivity contribution is 7.16. The van der Waals surface area contributed by atoms with E-state index in [0.29, 0.717) is 21.9 Å². The highest BCUT2D eigenvalue weighted by Gasteiger charge is 2.46. The Labute approximate surface area is 181 Å². The number of halogens is 4. The number of aryl methyl sites for hydroxylation is 2. The number of hydrogen-bond acceptors (Lipinski definition) is 5. The number of rotatable bonds is 1. The summed E-state index contributed by atoms with van der Waals surface area (Å²) in [7, 11) is 1.66. The minimum Gasteiger partial charge on any atom is -0.386 e. The minimum atomic E-state index is -5.00. The maximum atomic E-state index is 13.5. The van der Waals surface area contributed by atoms with E-state index in [1.54, 1.807) is 26.2 Å². The zero-order valence-corrected chi connectivity index (χ0v) is 18.1. The zero-order valence-electron chi connectivity index (χ0n) is 16.5. The topological polar surface area (TPSA) is 67.6 Å². The van der Waals surface area contributed by atoms with E-state index in [0.717, 1.165) is 9.78 Å². The Morgan fingerprint density at radius 1 is 1.40 bits per heavy atom. The van der Waals surface area contributed by atoms with Crippen LogP contribution in [0.15, 0.2) is 18.5 Å². The van der Waals surface area contributed by atoms with Gasteiger partial charge in [0, 0.05) is 36.3 Å². The van der Waals surface area contributed by atoms with Crippen LogP contribution in [0.1, 0.15) is 47.9 Å². The summed E-state index contributed by atoms with van der Waals surface area (Å²) in [5.74, 6) is -1.88. The molecule has 6 nitrogen and oxygen atoms in total. The molecule has 0 aromatic carbocycles. The lowest BCUT2D eigenvalue weighted by Gasteiger charge is -2.37. The molecule has 1 amide bonds. The highest BCUT2D eigenvalue weighted by atomic mass is 35.5. The van der Waals surface area contributed by atoms with Gasteiger partial charge in [-0.2, -0.15) is 18.3 Å². The molecule has 2 aromatic rings. The molecule has 0 aliphatic carbocycles. The molecule has 30 heavy (non-hydrogen) atoms. The summed E-state index contributed by atoms with van der Waals surface area (Å²) in [5, 5.41) is 14.5. The van der Waals surface area contributed by atoms with Crippen molar-refractivity contribution in [1.82, 2.24) is 14.7 Å². The Morgan fingerprint density at radius 3 is 2.77 bits per heavy atom. The normalized spacial score (nSPS) is 24.1. The lowest BCUT2D eigenvalue weighted by Crippen LogP contribution is -2.48. The molecule has 3 atom stereocenters. The van der Waals surface area contributed by atoms with Crippen LogP contribution in [-0.2, 0) is 23.0 Å². The summed E-state index contributed by atoms with van der Waals surface area (Å²) in [6.07, 6.45) is -1.99. The van der Waals surface area contributed by atoms with Gasteiger partial charge in [0.15, 0.2) is 0 Å². The summed E-state index contributed by atoms with van der Waals surface area (Å²) in [5.41, 5.74) is 1.12. The van der Waals surface area contributed by atoms with Crippen LogP contribution in [0, 0.1) is 0 Å². The van der Waals surface area contributed by atoms with Crippen molar-refractivity contribution >= 4 is 28.8 Å². The number of aliphatic hydroxyl groups excluding tert-OH is 1. The van der Waals surface area contributed by atoms with Crippen molar-refractivity contribution in [3.8, 4) is 0 Å². The standard InChI is InChI=1S/C19H23ClF3N3O3S/c1-11-3-4-16-13(7-17(20)30-16)15(27)10-29-6-5-14(12-8-24-25(2)9-12)26(11)18(28)19(21,22)23/h7-9,11,14-15,27H,3-6,10H2,1-2H3/t11-,14?,15?/m0/s1. The minimum absolute atomic E-state index is 0.0113. The zero-order chi connectivity index (χ0) is 22.1. The first-order chi connectivity index (χ1) is 14.1. The second-order valence-corrected chi connectivity index (χ2v) is 9.14. The fourth-order valence-corrected chi connectivity index (χ4v) is 5.07. The van der Waals surface area contributed by atoms with Gasteiger partial charge in [0.1, 0.15) is 6.10 Å². The number of ether oxygens (including phenoxy) is 1. The third kappa shape index (κ3) is 5.16. The van der Waals surface area contributed by atoms with Gasteiger partial charge in [0.2, 0.25) is 0 Å². The SMILES string of the molecule is C[C@H]1CCc2sc(Cl)cc2C(O)COCCC(c2cnn(C)c2)N1C(=O)C(F)(F)F. The second-order valence-electron chi connectivity index (χ2n) is 7.37. The fraction of sp³-hybridized carbons (Fsp3) is 0.579. The van der Waals surface area contributed by atoms with Crippen LogP contribution in [-0.4, -0.2) is 51.1 Å². The second kappa shape index (κ2) is 9.25. The van der Waals surface area contributed by atoms with E-state index in [-0.39, 0.29) is 26.1 Å². The van der Waals surface area contributed by atoms with Gasteiger partial charge in [-0.3, -0.25) is 9.48 Å². The van der Waals surface area contributed by atoms with Crippen molar-refractivity contribution in [2.75, 3.05) is 13.2 Å². The van der Waals surface area contributed by atoms with Crippen molar-refractivity contribution in [2.24, 2.45) is 7.05 Å². The van der Waals surface area contributed by atoms with Crippen LogP contribution in [0.25, 0.3) is 0 Å². The van der Waals surface area contributed by atoms with E-state index < -0.39 is 30.3 Å². The number of amides is 1. The van der Waals surface area contributed by atoms with E-state index in [1.807, 2.05) is 0 Å². The van der Waals surface area contributed by atoms with Crippen LogP contribution < -0.4 is 0 Å². The average molecular weight is 466 g/mol. The maximum absolute atomic E-state index is 13.5. The Morgan fingerprint density at radius 2 is 2.13 bits per heavy atom. The lowest BCUT2D eigenvalue weighted by atomic mass is 9.99. The van der Waals surface area contributed by atoms with E-state index >= 15 is 0 Å². The van der Waals surface area contributed by atoms with Gasteiger partial charge >= 0.3 is 12.1 Å². The molecule has 2 aromatic heterocycles. The van der Waals surface area contributed by atoms with E-state index in [2.05, 4.69) is 5.10 Å². The monoisotopic (exact) mass is 465 g/mol. The van der Waals surface area contributed by atoms with Crippen molar-refractivity contribution in [2.45, 2.75) is 50.6 Å². The molecule has 3 heterocycles. The number of nitrogens with zero attached hydrogens (tertiary/aromatic N) is 3. The third-order valence-corrected chi connectivity index (χ3v) is 6.51. The van der Waals surface area contributed by atoms with Gasteiger partial charge in [-0.05, 0) is 37.8 Å². The smallest absolute Gasteiger partial charge is 0.386 e. The van der Waals surface area contributed by atoms with Crippen molar-refractivity contribution < 1.29 is 27.8 Å². The van der Waals surface area contributed by atoms with Gasteiger partial charge in [-0.1, -0.05) is 11.6 Å². The largest absolute Gasteiger partial charge is 0.471 e. The molecular weight excluding hydrogens is 443 g/mol. The summed E-state index contributed by atoms with van der Waals surface area (Å²) < 4.78 is 47.9. The van der Waals surface area contributed by atoms with Crippen LogP contribution in [0.5, 0.6) is 0 Å². The summed E-state index contributed by atoms with van der Waals surface area (Å²) in [6.45, 7) is 1.66. The Kier molecular flexibility index (Phi) is 7.11. The first-order valence-corrected chi connectivity index (χ1v) is 10.7. The predicted molar refractivity (Wildman–Crippen MR) is 106 cm³/mol. The molecular formula is C19H23ClF3N3O3S. The molecule has 3 rings (SSSR count). The highest BCUT2D eigenvalue weighted by Crippen LogP contribution is 2.36. The van der Waals surface area contributed by atoms with Crippen LogP contribution in [0.3, 0.4) is 0 Å². The molecule has 0 radical (unpaired) electrons. The number of carbonyl (C=O) groups is 1. The molecule has 1 aliphatic heterocycles. The summed E-state index contributed by atoms with van der Waals surface area (Å²) in [4.78, 5) is 14.1. The fourth-order valence-electron chi connectivity index (χ4n) is 3.72. The van der Waals surface area contributed by atoms with Gasteiger partial charge in [-0.25, -0.2) is 0 Å². The predicted octanol–water partition coefficient (Wildman–Crippen LogP) is 4.04. The molecule has 0 fully saturated rings. The van der Waals surface area contributed by atoms with Gasteiger partial charge in [0.05, 0.1) is 23.2 Å². The number of hydrogen-bond donors (Lipinski definition) is 1. The number of carbonyl (C=O) groups excluding carboxylic acids is 1. The Balaban J connectivity index is 1.98. The van der Waals surface area contributed by atoms with Crippen molar-refractivity contribution in [3.63, 3.8) is 0 Å². The molecule has 0 bridgehead atoms. The number of thiophene rings is 1. The molecule has 1 aliphatic rings. The van der Waals surface area contributed by atoms with Crippen LogP contribution in [0.2, 0.25) is 4.34 Å². The van der Waals surface area contributed by atoms with Crippen molar-refractivity contribution in [3.05, 3.63) is 38.8 Å². The van der Waals surface area contributed by atoms with Crippen LogP contribution >= 0.6 is 22.9 Å². The van der Waals surface area contributed by atoms with Crippen molar-refractivity contribution in [1.29, 1.82) is 0 Å². The molecule has 11 heteroatoms. The van der Waals surface area contributed by atoms with Crippen LogP contribution in [0.4, 0.5) is 13.2 Å². The molecule has 0 saturated carbocycles. The van der Waals surface area contributed by atoms with E-state index in [1.165, 1.54) is 22.2 Å². The Bertz CT molecular complexity index is 886. The molecule has 2 unspecified atom stereocenters. The van der Waals surface area contributed by atoms with E-state index in [9.17, 15) is 23.1 Å². The first-order valence-electron chi connectivity index (χ1n) is 9.50. The third-order valence-electron chi connectivity index (χ3n) is 5.17. The van der Waals surface area contributed by atoms with Gasteiger partial charge in [-0.15, -0.1) is 11.3 Å². The lowest BCUT2D eigenvalue weighted by molar-refractivity contribution is -0.191. The molecule has 0 saturated heterocycles. The molecule has 166 valence electrons. The van der Waals surface area contributed by atoms with E-state index in [4.69, 9.17) is 16.3 Å². The molecule has 1 N–H and O–H groups in total. The first kappa shape index (κ1) is 23.1. The molecule has 0 spiro atoms. The Hall–Kier alpha value is -1.62. The summed E-state index contributed by atoms with van der Waals surface area (Å²) >= 11 is 7.37. The summed E-state index contributed by atoms with van der Waals surface area (Å²) in [6, 6.07) is 0.0868. The number of fused-ring (bicyclic) bond motifs is 1. The number of aliphatic hydroxyl groups is 1. The maximum Gasteiger partial charge on any atom is 0.471 e. The quantitative estimate of drug-likeness (QED) is 0.690. The van der Waals surface area contributed by atoms with Gasteiger partial charge in [0.25, 0.3) is 0 Å². The average Bonchev–Trinajstić information content (AvgIpc) is 3.25.